The van der Waals surface area contributed by atoms with Crippen molar-refractivity contribution in [3.05, 3.63) is 0 Å². The van der Waals surface area contributed by atoms with Gasteiger partial charge in [-0.2, -0.15) is 0 Å². The van der Waals surface area contributed by atoms with Gasteiger partial charge in [0.15, 0.2) is 0 Å². The summed E-state index contributed by atoms with van der Waals surface area (Å²) in [5.41, 5.74) is 0. The second-order valence-electron chi connectivity index (χ2n) is 5.85. The molecule has 1 saturated carbocycles. The van der Waals surface area contributed by atoms with E-state index in [-0.39, 0.29) is 18.9 Å². The number of hydrogen-bond donors (Lipinski definition) is 2. The lowest BCUT2D eigenvalue weighted by atomic mass is 9.96. The first-order valence-electron chi connectivity index (χ1n) is 7.28. The Morgan fingerprint density at radius 2 is 1.74 bits per heavy atom. The maximum Gasteiger partial charge on any atom is 0.326 e. The predicted molar refractivity (Wildman–Crippen MR) is 69.6 cm³/mol. The summed E-state index contributed by atoms with van der Waals surface area (Å²) in [6.07, 6.45) is 6.86. The first-order valence-corrected chi connectivity index (χ1v) is 7.28. The van der Waals surface area contributed by atoms with Gasteiger partial charge in [0.25, 0.3) is 0 Å². The number of carboxylic acids is 1. The highest BCUT2D eigenvalue weighted by Crippen LogP contribution is 2.28. The number of aliphatic hydroxyl groups is 1. The van der Waals surface area contributed by atoms with E-state index in [0.29, 0.717) is 12.3 Å². The average Bonchev–Trinajstić information content (AvgIpc) is 2.58. The molecule has 2 N–H and O–H groups in total. The van der Waals surface area contributed by atoms with Gasteiger partial charge in [-0.1, -0.05) is 25.7 Å². The third-order valence-corrected chi connectivity index (χ3v) is 4.32. The summed E-state index contributed by atoms with van der Waals surface area (Å²) in [5, 5.41) is 18.7. The number of aliphatic carboxylic acids is 1. The first-order chi connectivity index (χ1) is 9.08. The zero-order chi connectivity index (χ0) is 13.8. The van der Waals surface area contributed by atoms with Crippen LogP contribution in [0.1, 0.15) is 51.4 Å². The molecule has 0 bridgehead atoms. The molecule has 5 heteroatoms. The Kier molecular flexibility index (Phi) is 4.80. The van der Waals surface area contributed by atoms with Crippen molar-refractivity contribution in [2.24, 2.45) is 5.92 Å². The lowest BCUT2D eigenvalue weighted by Crippen LogP contribution is -2.41. The molecule has 108 valence electrons. The van der Waals surface area contributed by atoms with E-state index in [2.05, 4.69) is 0 Å². The number of amides is 1. The number of β-amino-alcohol motifs (C(OH)–C–C–N with tert-alkyl or cyclic N) is 1. The third kappa shape index (κ3) is 3.69. The molecule has 2 rings (SSSR count). The number of aliphatic hydroxyl groups excluding tert-OH is 1. The van der Waals surface area contributed by atoms with Crippen LogP contribution < -0.4 is 0 Å². The lowest BCUT2D eigenvalue weighted by Gasteiger charge is -2.23. The second kappa shape index (κ2) is 6.37. The minimum atomic E-state index is -1.01. The van der Waals surface area contributed by atoms with Crippen LogP contribution >= 0.6 is 0 Å². The number of likely N-dealkylation sites (tertiary alicyclic amines) is 1. The van der Waals surface area contributed by atoms with E-state index >= 15 is 0 Å². The molecule has 1 aliphatic carbocycles. The summed E-state index contributed by atoms with van der Waals surface area (Å²) >= 11 is 0. The van der Waals surface area contributed by atoms with Crippen LogP contribution in [0.4, 0.5) is 0 Å². The van der Waals surface area contributed by atoms with E-state index in [9.17, 15) is 14.7 Å². The van der Waals surface area contributed by atoms with Crippen LogP contribution in [-0.2, 0) is 9.59 Å². The number of rotatable bonds is 3. The van der Waals surface area contributed by atoms with Gasteiger partial charge in [0, 0.05) is 19.4 Å². The normalized spacial score (nSPS) is 29.2. The molecule has 2 fully saturated rings. The summed E-state index contributed by atoms with van der Waals surface area (Å²) < 4.78 is 0. The van der Waals surface area contributed by atoms with Gasteiger partial charge >= 0.3 is 5.97 Å². The van der Waals surface area contributed by atoms with Crippen molar-refractivity contribution in [2.75, 3.05) is 6.54 Å². The molecule has 0 aromatic heterocycles. The van der Waals surface area contributed by atoms with Crippen LogP contribution in [0.3, 0.4) is 0 Å². The standard InChI is InChI=1S/C14H23NO4/c16-11-8-12(14(18)19)15(9-11)13(17)7-10-5-3-1-2-4-6-10/h10-12,16H,1-9H2,(H,18,19)/t11-,12-/m0/s1. The van der Waals surface area contributed by atoms with Crippen LogP contribution in [0.2, 0.25) is 0 Å². The van der Waals surface area contributed by atoms with Gasteiger partial charge in [0.1, 0.15) is 6.04 Å². The highest BCUT2D eigenvalue weighted by Gasteiger charge is 2.39. The Balaban J connectivity index is 1.92. The van der Waals surface area contributed by atoms with Gasteiger partial charge in [-0.05, 0) is 18.8 Å². The van der Waals surface area contributed by atoms with Crippen molar-refractivity contribution in [1.82, 2.24) is 4.90 Å². The van der Waals surface area contributed by atoms with Crippen molar-refractivity contribution in [1.29, 1.82) is 0 Å². The number of hydrogen-bond acceptors (Lipinski definition) is 3. The Morgan fingerprint density at radius 1 is 1.11 bits per heavy atom. The van der Waals surface area contributed by atoms with E-state index < -0.39 is 18.1 Å². The van der Waals surface area contributed by atoms with Crippen molar-refractivity contribution in [3.8, 4) is 0 Å². The van der Waals surface area contributed by atoms with Gasteiger partial charge in [-0.3, -0.25) is 4.79 Å². The smallest absolute Gasteiger partial charge is 0.326 e. The van der Waals surface area contributed by atoms with Crippen LogP contribution in [-0.4, -0.2) is 45.7 Å². The van der Waals surface area contributed by atoms with Gasteiger partial charge in [0.2, 0.25) is 5.91 Å². The molecular weight excluding hydrogens is 246 g/mol. The van der Waals surface area contributed by atoms with Crippen molar-refractivity contribution in [3.63, 3.8) is 0 Å². The summed E-state index contributed by atoms with van der Waals surface area (Å²) in [7, 11) is 0. The fourth-order valence-corrected chi connectivity index (χ4v) is 3.26. The van der Waals surface area contributed by atoms with Crippen molar-refractivity contribution in [2.45, 2.75) is 63.5 Å². The molecule has 2 aliphatic rings. The van der Waals surface area contributed by atoms with Gasteiger partial charge in [0.05, 0.1) is 6.10 Å². The van der Waals surface area contributed by atoms with Crippen LogP contribution in [0.5, 0.6) is 0 Å². The molecule has 1 saturated heterocycles. The molecule has 0 spiro atoms. The Bertz CT molecular complexity index is 336. The van der Waals surface area contributed by atoms with E-state index in [4.69, 9.17) is 5.11 Å². The summed E-state index contributed by atoms with van der Waals surface area (Å²) in [4.78, 5) is 24.7. The molecule has 1 heterocycles. The van der Waals surface area contributed by atoms with Crippen LogP contribution in [0.15, 0.2) is 0 Å². The molecule has 0 aromatic carbocycles. The molecule has 2 atom stereocenters. The van der Waals surface area contributed by atoms with E-state index in [1.807, 2.05) is 0 Å². The number of carbonyl (C=O) groups is 2. The number of nitrogens with zero attached hydrogens (tertiary/aromatic N) is 1. The predicted octanol–water partition coefficient (Wildman–Crippen LogP) is 1.39. The molecule has 0 unspecified atom stereocenters. The fourth-order valence-electron chi connectivity index (χ4n) is 3.26. The zero-order valence-electron chi connectivity index (χ0n) is 11.3. The van der Waals surface area contributed by atoms with E-state index in [1.165, 1.54) is 30.6 Å². The number of carbonyl (C=O) groups excluding carboxylic acids is 1. The topological polar surface area (TPSA) is 77.8 Å². The molecule has 5 nitrogen and oxygen atoms in total. The minimum absolute atomic E-state index is 0.101. The highest BCUT2D eigenvalue weighted by molar-refractivity contribution is 5.84. The molecule has 1 amide bonds. The second-order valence-corrected chi connectivity index (χ2v) is 5.85. The van der Waals surface area contributed by atoms with Crippen LogP contribution in [0, 0.1) is 5.92 Å². The molecule has 0 radical (unpaired) electrons. The highest BCUT2D eigenvalue weighted by atomic mass is 16.4. The summed E-state index contributed by atoms with van der Waals surface area (Å²) in [6.45, 7) is 0.169. The van der Waals surface area contributed by atoms with Crippen LogP contribution in [0.25, 0.3) is 0 Å². The largest absolute Gasteiger partial charge is 0.480 e. The average molecular weight is 269 g/mol. The van der Waals surface area contributed by atoms with Gasteiger partial charge < -0.3 is 15.1 Å². The maximum absolute atomic E-state index is 12.2. The molecule has 1 aliphatic heterocycles. The Labute approximate surface area is 113 Å². The van der Waals surface area contributed by atoms with E-state index in [1.54, 1.807) is 0 Å². The Morgan fingerprint density at radius 3 is 2.32 bits per heavy atom. The first kappa shape index (κ1) is 14.3. The molecule has 0 aromatic rings. The Hall–Kier alpha value is -1.10. The zero-order valence-corrected chi connectivity index (χ0v) is 11.3. The molecular formula is C14H23NO4. The SMILES string of the molecule is O=C(O)[C@@H]1C[C@H](O)CN1C(=O)CC1CCCCCC1. The van der Waals surface area contributed by atoms with Gasteiger partial charge in [-0.25, -0.2) is 4.79 Å². The quantitative estimate of drug-likeness (QED) is 0.759. The third-order valence-electron chi connectivity index (χ3n) is 4.32. The number of carboxylic acid groups (broad SMARTS) is 1. The molecule has 19 heavy (non-hydrogen) atoms. The van der Waals surface area contributed by atoms with Crippen molar-refractivity contribution < 1.29 is 19.8 Å². The summed E-state index contributed by atoms with van der Waals surface area (Å²) in [5.74, 6) is -0.719. The minimum Gasteiger partial charge on any atom is -0.480 e. The maximum atomic E-state index is 12.2. The van der Waals surface area contributed by atoms with Gasteiger partial charge in [-0.15, -0.1) is 0 Å². The monoisotopic (exact) mass is 269 g/mol. The fraction of sp³-hybridized carbons (Fsp3) is 0.857. The van der Waals surface area contributed by atoms with Crippen molar-refractivity contribution >= 4 is 11.9 Å². The summed E-state index contributed by atoms with van der Waals surface area (Å²) in [6, 6.07) is -0.840. The lowest BCUT2D eigenvalue weighted by molar-refractivity contribution is -0.148. The van der Waals surface area contributed by atoms with E-state index in [0.717, 1.165) is 12.8 Å².